The fraction of sp³-hybridized carbons (Fsp3) is 0.542. The number of likely N-dealkylation sites (tertiary alicyclic amines) is 1. The fourth-order valence-electron chi connectivity index (χ4n) is 4.05. The van der Waals surface area contributed by atoms with Gasteiger partial charge in [-0.2, -0.15) is 0 Å². The third kappa shape index (κ3) is 5.49. The Labute approximate surface area is 179 Å². The summed E-state index contributed by atoms with van der Waals surface area (Å²) in [5, 5.41) is 3.02. The second kappa shape index (κ2) is 8.62. The summed E-state index contributed by atoms with van der Waals surface area (Å²) in [5.41, 5.74) is 2.11. The van der Waals surface area contributed by atoms with Crippen molar-refractivity contribution in [3.05, 3.63) is 47.8 Å². The molecule has 1 spiro atoms. The number of aromatic nitrogens is 1. The Morgan fingerprint density at radius 1 is 1.37 bits per heavy atom. The van der Waals surface area contributed by atoms with E-state index in [-0.39, 0.29) is 17.4 Å². The molecule has 2 fully saturated rings. The summed E-state index contributed by atoms with van der Waals surface area (Å²) in [6, 6.07) is 3.87. The molecule has 0 radical (unpaired) electrons. The van der Waals surface area contributed by atoms with Crippen LogP contribution in [0.5, 0.6) is 0 Å². The predicted octanol–water partition coefficient (Wildman–Crippen LogP) is 4.11. The predicted molar refractivity (Wildman–Crippen MR) is 118 cm³/mol. The molecular weight excluding hydrogens is 378 g/mol. The van der Waals surface area contributed by atoms with Gasteiger partial charge in [-0.15, -0.1) is 0 Å². The molecular formula is C24H33N3O3. The quantitative estimate of drug-likeness (QED) is 0.585. The molecule has 1 aromatic rings. The summed E-state index contributed by atoms with van der Waals surface area (Å²) in [6.07, 6.45) is 8.07. The van der Waals surface area contributed by atoms with E-state index in [1.54, 1.807) is 17.2 Å². The van der Waals surface area contributed by atoms with E-state index in [0.29, 0.717) is 18.0 Å². The molecule has 1 aliphatic heterocycles. The van der Waals surface area contributed by atoms with Crippen LogP contribution in [0.3, 0.4) is 0 Å². The van der Waals surface area contributed by atoms with Crippen LogP contribution < -0.4 is 5.32 Å². The molecule has 1 saturated heterocycles. The van der Waals surface area contributed by atoms with Gasteiger partial charge in [0.2, 0.25) is 0 Å². The molecule has 1 atom stereocenters. The zero-order valence-corrected chi connectivity index (χ0v) is 18.5. The summed E-state index contributed by atoms with van der Waals surface area (Å²) in [7, 11) is 0. The van der Waals surface area contributed by atoms with E-state index < -0.39 is 5.60 Å². The number of aryl methyl sites for hydroxylation is 1. The molecule has 0 aromatic carbocycles. The van der Waals surface area contributed by atoms with Gasteiger partial charge in [-0.3, -0.25) is 9.78 Å². The second-order valence-corrected chi connectivity index (χ2v) is 9.50. The molecule has 1 saturated carbocycles. The molecule has 2 heterocycles. The molecule has 2 amide bonds. The molecule has 2 aliphatic rings. The topological polar surface area (TPSA) is 71.5 Å². The smallest absolute Gasteiger partial charge is 0.410 e. The van der Waals surface area contributed by atoms with E-state index in [1.165, 1.54) is 0 Å². The number of carbonyl (C=O) groups is 2. The lowest BCUT2D eigenvalue weighted by molar-refractivity contribution is -0.117. The van der Waals surface area contributed by atoms with Crippen LogP contribution >= 0.6 is 0 Å². The highest BCUT2D eigenvalue weighted by Crippen LogP contribution is 2.59. The van der Waals surface area contributed by atoms with Crippen molar-refractivity contribution < 1.29 is 14.3 Å². The first kappa shape index (κ1) is 22.1. The molecule has 1 unspecified atom stereocenters. The van der Waals surface area contributed by atoms with Gasteiger partial charge in [0.15, 0.2) is 0 Å². The Balaban J connectivity index is 1.42. The van der Waals surface area contributed by atoms with Crippen LogP contribution in [0.4, 0.5) is 4.79 Å². The Morgan fingerprint density at radius 3 is 2.70 bits per heavy atom. The van der Waals surface area contributed by atoms with Crippen LogP contribution in [0, 0.1) is 18.3 Å². The number of nitrogens with one attached hydrogen (secondary N) is 1. The number of rotatable bonds is 5. The van der Waals surface area contributed by atoms with Gasteiger partial charge in [-0.05, 0) is 82.1 Å². The van der Waals surface area contributed by atoms with Crippen molar-refractivity contribution in [2.24, 2.45) is 11.3 Å². The SMILES string of the molecule is C=C(C=Cc1ncccc1C)C(=O)NCC1CC12CCN(C(=O)OC(C)(C)C)CC2. The highest BCUT2D eigenvalue weighted by atomic mass is 16.6. The minimum atomic E-state index is -0.468. The van der Waals surface area contributed by atoms with E-state index in [4.69, 9.17) is 4.74 Å². The number of pyridine rings is 1. The van der Waals surface area contributed by atoms with E-state index in [9.17, 15) is 9.59 Å². The minimum absolute atomic E-state index is 0.145. The zero-order valence-electron chi connectivity index (χ0n) is 18.5. The number of amides is 2. The summed E-state index contributed by atoms with van der Waals surface area (Å²) in [5.74, 6) is 0.324. The van der Waals surface area contributed by atoms with Gasteiger partial charge < -0.3 is 15.0 Å². The summed E-state index contributed by atoms with van der Waals surface area (Å²) in [6.45, 7) is 13.6. The standard InChI is InChI=1S/C24H33N3O3/c1-17-7-6-12-25-20(17)9-8-18(2)21(28)26-16-19-15-24(19)10-13-27(14-11-24)22(29)30-23(3,4)5/h6-9,12,19H,2,10-11,13-16H2,1,3-5H3,(H,26,28). The highest BCUT2D eigenvalue weighted by molar-refractivity contribution is 5.96. The molecule has 1 aromatic heterocycles. The Morgan fingerprint density at radius 2 is 2.07 bits per heavy atom. The monoisotopic (exact) mass is 411 g/mol. The lowest BCUT2D eigenvalue weighted by atomic mass is 9.91. The number of piperidine rings is 1. The maximum atomic E-state index is 12.4. The van der Waals surface area contributed by atoms with Gasteiger partial charge in [-0.1, -0.05) is 12.6 Å². The molecule has 30 heavy (non-hydrogen) atoms. The molecule has 0 bridgehead atoms. The molecule has 1 aliphatic carbocycles. The zero-order chi connectivity index (χ0) is 21.9. The third-order valence-electron chi connectivity index (χ3n) is 6.06. The highest BCUT2D eigenvalue weighted by Gasteiger charge is 2.55. The van der Waals surface area contributed by atoms with Crippen LogP contribution in [0.2, 0.25) is 0 Å². The van der Waals surface area contributed by atoms with E-state index in [0.717, 1.165) is 43.6 Å². The minimum Gasteiger partial charge on any atom is -0.444 e. The van der Waals surface area contributed by atoms with E-state index in [1.807, 2.05) is 45.9 Å². The van der Waals surface area contributed by atoms with Gasteiger partial charge in [0.05, 0.1) is 5.69 Å². The second-order valence-electron chi connectivity index (χ2n) is 9.50. The van der Waals surface area contributed by atoms with Crippen LogP contribution in [0.1, 0.15) is 51.3 Å². The fourth-order valence-corrected chi connectivity index (χ4v) is 4.05. The normalized spacial score (nSPS) is 20.3. The number of hydrogen-bond acceptors (Lipinski definition) is 4. The van der Waals surface area contributed by atoms with Crippen LogP contribution in [-0.4, -0.2) is 47.1 Å². The lowest BCUT2D eigenvalue weighted by Gasteiger charge is -2.34. The Bertz CT molecular complexity index is 845. The molecule has 3 rings (SSSR count). The summed E-state index contributed by atoms with van der Waals surface area (Å²) >= 11 is 0. The van der Waals surface area contributed by atoms with Crippen LogP contribution in [0.15, 0.2) is 36.6 Å². The van der Waals surface area contributed by atoms with Crippen molar-refractivity contribution in [3.63, 3.8) is 0 Å². The number of hydrogen-bond donors (Lipinski definition) is 1. The first-order chi connectivity index (χ1) is 14.1. The number of nitrogens with zero attached hydrogens (tertiary/aromatic N) is 2. The van der Waals surface area contributed by atoms with Crippen molar-refractivity contribution in [3.8, 4) is 0 Å². The van der Waals surface area contributed by atoms with Crippen molar-refractivity contribution in [2.45, 2.75) is 52.6 Å². The van der Waals surface area contributed by atoms with Crippen molar-refractivity contribution in [1.82, 2.24) is 15.2 Å². The van der Waals surface area contributed by atoms with Gasteiger partial charge in [0.1, 0.15) is 5.60 Å². The van der Waals surface area contributed by atoms with E-state index >= 15 is 0 Å². The largest absolute Gasteiger partial charge is 0.444 e. The molecule has 6 heteroatoms. The maximum Gasteiger partial charge on any atom is 0.410 e. The Hall–Kier alpha value is -2.63. The molecule has 6 nitrogen and oxygen atoms in total. The average molecular weight is 412 g/mol. The maximum absolute atomic E-state index is 12.4. The van der Waals surface area contributed by atoms with Crippen molar-refractivity contribution in [1.29, 1.82) is 0 Å². The van der Waals surface area contributed by atoms with Gasteiger partial charge in [0.25, 0.3) is 5.91 Å². The van der Waals surface area contributed by atoms with Gasteiger partial charge in [0, 0.05) is 31.4 Å². The summed E-state index contributed by atoms with van der Waals surface area (Å²) in [4.78, 5) is 30.7. The van der Waals surface area contributed by atoms with Gasteiger partial charge >= 0.3 is 6.09 Å². The summed E-state index contributed by atoms with van der Waals surface area (Å²) < 4.78 is 5.47. The van der Waals surface area contributed by atoms with Crippen molar-refractivity contribution in [2.75, 3.05) is 19.6 Å². The first-order valence-electron chi connectivity index (χ1n) is 10.6. The van der Waals surface area contributed by atoms with E-state index in [2.05, 4.69) is 16.9 Å². The number of ether oxygens (including phenoxy) is 1. The average Bonchev–Trinajstić information content (AvgIpc) is 3.35. The lowest BCUT2D eigenvalue weighted by Crippen LogP contribution is -2.43. The number of carbonyl (C=O) groups excluding carboxylic acids is 2. The van der Waals surface area contributed by atoms with Gasteiger partial charge in [-0.25, -0.2) is 4.79 Å². The molecule has 162 valence electrons. The van der Waals surface area contributed by atoms with Crippen LogP contribution in [0.25, 0.3) is 6.08 Å². The molecule has 1 N–H and O–H groups in total. The Kier molecular flexibility index (Phi) is 6.34. The third-order valence-corrected chi connectivity index (χ3v) is 6.06. The van der Waals surface area contributed by atoms with Crippen molar-refractivity contribution >= 4 is 18.1 Å². The first-order valence-corrected chi connectivity index (χ1v) is 10.6. The van der Waals surface area contributed by atoms with Crippen LogP contribution in [-0.2, 0) is 9.53 Å².